The third kappa shape index (κ3) is 5.60. The van der Waals surface area contributed by atoms with Gasteiger partial charge in [0, 0.05) is 0 Å². The van der Waals surface area contributed by atoms with Crippen LogP contribution in [0.1, 0.15) is 0 Å². The summed E-state index contributed by atoms with van der Waals surface area (Å²) in [7, 11) is 0. The molecule has 0 amide bonds. The first-order valence-electron chi connectivity index (χ1n) is 22.8. The molecular formula is C64H39NSe. The van der Waals surface area contributed by atoms with E-state index in [1.54, 1.807) is 0 Å². The molecule has 0 aliphatic carbocycles. The van der Waals surface area contributed by atoms with Gasteiger partial charge in [-0.3, -0.25) is 0 Å². The second-order valence-corrected chi connectivity index (χ2v) is 19.8. The number of hydrogen-bond donors (Lipinski definition) is 0. The standard InChI is InChI=1S/C64H39NSe/c1-3-17-40(18-4-1)42-32-35-58-55(37-42)45-21-15-16-30-57(45)65(58)64-53-28-13-11-26-51(53)62(52-27-12-14-29-54(52)64)43-33-36-59-56(38-43)46-34-31-44(39-60(46)66-59)63-49-24-9-7-22-47(49)61(41-19-5-2-6-20-41)48-23-8-10-25-50(48)63/h1-39H. The van der Waals surface area contributed by atoms with Gasteiger partial charge < -0.3 is 0 Å². The fraction of sp³-hybridized carbons (Fsp3) is 0. The van der Waals surface area contributed by atoms with Crippen LogP contribution < -0.4 is 0 Å². The number of fused-ring (bicyclic) bond motifs is 10. The summed E-state index contributed by atoms with van der Waals surface area (Å²) in [5.74, 6) is 0. The Balaban J connectivity index is 0.963. The summed E-state index contributed by atoms with van der Waals surface area (Å²) < 4.78 is 5.41. The van der Waals surface area contributed by atoms with Crippen LogP contribution in [0.25, 0.3) is 134 Å². The van der Waals surface area contributed by atoms with E-state index in [1.165, 1.54) is 134 Å². The van der Waals surface area contributed by atoms with Crippen LogP contribution in [0.4, 0.5) is 0 Å². The van der Waals surface area contributed by atoms with Crippen molar-refractivity contribution in [3.63, 3.8) is 0 Å². The van der Waals surface area contributed by atoms with E-state index in [1.807, 2.05) is 0 Å². The summed E-state index contributed by atoms with van der Waals surface area (Å²) in [6.07, 6.45) is 0. The maximum atomic E-state index is 2.52. The smallest absolute Gasteiger partial charge is 0.0544 e. The third-order valence-electron chi connectivity index (χ3n) is 13.9. The van der Waals surface area contributed by atoms with E-state index in [0.29, 0.717) is 0 Å². The van der Waals surface area contributed by atoms with Gasteiger partial charge in [0.2, 0.25) is 0 Å². The van der Waals surface area contributed by atoms with Crippen molar-refractivity contribution < 1.29 is 0 Å². The Morgan fingerprint density at radius 2 is 0.652 bits per heavy atom. The molecule has 0 unspecified atom stereocenters. The van der Waals surface area contributed by atoms with Crippen molar-refractivity contribution in [3.8, 4) is 50.2 Å². The molecule has 2 aromatic heterocycles. The quantitative estimate of drug-likeness (QED) is 0.120. The van der Waals surface area contributed by atoms with Crippen LogP contribution >= 0.6 is 0 Å². The molecular weight excluding hydrogens is 862 g/mol. The van der Waals surface area contributed by atoms with Gasteiger partial charge in [0.1, 0.15) is 0 Å². The van der Waals surface area contributed by atoms with E-state index >= 15 is 0 Å². The maximum Gasteiger partial charge on any atom is -0.0544 e. The summed E-state index contributed by atoms with van der Waals surface area (Å²) in [4.78, 5) is 0. The summed E-state index contributed by atoms with van der Waals surface area (Å²) in [6.45, 7) is 0. The van der Waals surface area contributed by atoms with E-state index in [9.17, 15) is 0 Å². The van der Waals surface area contributed by atoms with Crippen LogP contribution in [0.2, 0.25) is 0 Å². The molecule has 0 bridgehead atoms. The Bertz CT molecular complexity index is 4160. The largest absolute Gasteiger partial charge is 0.0617 e. The van der Waals surface area contributed by atoms with Crippen molar-refractivity contribution in [2.45, 2.75) is 0 Å². The zero-order chi connectivity index (χ0) is 43.3. The van der Waals surface area contributed by atoms with Gasteiger partial charge in [0.15, 0.2) is 0 Å². The van der Waals surface area contributed by atoms with Gasteiger partial charge in [-0.2, -0.15) is 0 Å². The number of nitrogens with zero attached hydrogens (tertiary/aromatic N) is 1. The predicted molar refractivity (Wildman–Crippen MR) is 285 cm³/mol. The number of aromatic nitrogens is 1. The molecule has 0 saturated carbocycles. The Hall–Kier alpha value is -8.00. The van der Waals surface area contributed by atoms with E-state index in [2.05, 4.69) is 241 Å². The zero-order valence-electron chi connectivity index (χ0n) is 35.9. The first-order chi connectivity index (χ1) is 32.8. The van der Waals surface area contributed by atoms with Gasteiger partial charge in [0.25, 0.3) is 0 Å². The first-order valence-corrected chi connectivity index (χ1v) is 24.5. The topological polar surface area (TPSA) is 4.93 Å². The fourth-order valence-electron chi connectivity index (χ4n) is 11.1. The third-order valence-corrected chi connectivity index (χ3v) is 16.3. The Morgan fingerprint density at radius 1 is 0.227 bits per heavy atom. The molecule has 0 N–H and O–H groups in total. The van der Waals surface area contributed by atoms with Crippen molar-refractivity contribution in [1.82, 2.24) is 4.57 Å². The van der Waals surface area contributed by atoms with Crippen LogP contribution in [0.3, 0.4) is 0 Å². The van der Waals surface area contributed by atoms with Gasteiger partial charge in [-0.05, 0) is 11.1 Å². The molecule has 2 heteroatoms. The van der Waals surface area contributed by atoms with Crippen molar-refractivity contribution in [2.75, 3.05) is 0 Å². The minimum absolute atomic E-state index is 0.180. The fourth-order valence-corrected chi connectivity index (χ4v) is 13.5. The summed E-state index contributed by atoms with van der Waals surface area (Å²) >= 11 is 0.180. The van der Waals surface area contributed by atoms with Crippen LogP contribution in [0.5, 0.6) is 0 Å². The molecule has 14 aromatic rings. The molecule has 0 saturated heterocycles. The molecule has 2 heterocycles. The Labute approximate surface area is 387 Å². The molecule has 0 fully saturated rings. The second kappa shape index (κ2) is 14.8. The van der Waals surface area contributed by atoms with Gasteiger partial charge in [-0.15, -0.1) is 0 Å². The van der Waals surface area contributed by atoms with Gasteiger partial charge in [-0.1, -0.05) is 36.4 Å². The Morgan fingerprint density at radius 3 is 1.26 bits per heavy atom. The summed E-state index contributed by atoms with van der Waals surface area (Å²) in [5.41, 5.74) is 13.8. The van der Waals surface area contributed by atoms with Crippen LogP contribution in [0, 0.1) is 0 Å². The predicted octanol–water partition coefficient (Wildman–Crippen LogP) is 17.4. The van der Waals surface area contributed by atoms with E-state index in [4.69, 9.17) is 0 Å². The molecule has 1 nitrogen and oxygen atoms in total. The van der Waals surface area contributed by atoms with Crippen molar-refractivity contribution in [2.24, 2.45) is 0 Å². The number of rotatable bonds is 5. The van der Waals surface area contributed by atoms with Gasteiger partial charge in [-0.25, -0.2) is 0 Å². The molecule has 12 aromatic carbocycles. The first kappa shape index (κ1) is 37.4. The monoisotopic (exact) mass is 901 g/mol. The van der Waals surface area contributed by atoms with Gasteiger partial charge in [0.05, 0.1) is 0 Å². The molecule has 66 heavy (non-hydrogen) atoms. The number of para-hydroxylation sites is 1. The van der Waals surface area contributed by atoms with Crippen molar-refractivity contribution >= 4 is 98.7 Å². The number of hydrogen-bond acceptors (Lipinski definition) is 0. The molecule has 306 valence electrons. The number of benzene rings is 12. The maximum absolute atomic E-state index is 2.52. The Kier molecular flexibility index (Phi) is 8.37. The molecule has 0 radical (unpaired) electrons. The summed E-state index contributed by atoms with van der Waals surface area (Å²) in [5, 5.41) is 15.4. The molecule has 0 aliphatic heterocycles. The van der Waals surface area contributed by atoms with Gasteiger partial charge >= 0.3 is 343 Å². The van der Waals surface area contributed by atoms with E-state index in [0.717, 1.165) is 0 Å². The average molecular weight is 901 g/mol. The van der Waals surface area contributed by atoms with Crippen LogP contribution in [-0.2, 0) is 0 Å². The second-order valence-electron chi connectivity index (χ2n) is 17.5. The van der Waals surface area contributed by atoms with Crippen molar-refractivity contribution in [1.29, 1.82) is 0 Å². The van der Waals surface area contributed by atoms with E-state index in [-0.39, 0.29) is 14.5 Å². The molecule has 0 spiro atoms. The van der Waals surface area contributed by atoms with Crippen molar-refractivity contribution in [3.05, 3.63) is 237 Å². The zero-order valence-corrected chi connectivity index (χ0v) is 37.6. The average Bonchev–Trinajstić information content (AvgIpc) is 3.92. The van der Waals surface area contributed by atoms with Crippen LogP contribution in [0.15, 0.2) is 237 Å². The molecule has 0 aliphatic rings. The summed E-state index contributed by atoms with van der Waals surface area (Å²) in [6, 6.07) is 88.1. The minimum atomic E-state index is 0.180. The molecule has 14 rings (SSSR count). The minimum Gasteiger partial charge on any atom is -0.0617 e. The SMILES string of the molecule is c1ccc(-c2ccc3c(c2)c2ccccc2n3-c2c3ccccc3c(-c3ccc4[se]c5cc(-c6c7ccccc7c(-c7ccccc7)c7ccccc67)ccc5c4c3)c3ccccc23)cc1. The van der Waals surface area contributed by atoms with E-state index < -0.39 is 0 Å². The normalized spacial score (nSPS) is 11.9. The van der Waals surface area contributed by atoms with Crippen LogP contribution in [-0.4, -0.2) is 19.1 Å². The molecule has 0 atom stereocenters.